The van der Waals surface area contributed by atoms with Crippen molar-refractivity contribution in [3.63, 3.8) is 0 Å². The summed E-state index contributed by atoms with van der Waals surface area (Å²) in [5.74, 6) is 1.87. The lowest BCUT2D eigenvalue weighted by molar-refractivity contribution is 0.339. The first-order chi connectivity index (χ1) is 14.7. The van der Waals surface area contributed by atoms with Gasteiger partial charge in [-0.2, -0.15) is 0 Å². The standard InChI is InChI=1S/C30H60/c1-5-7-9-11-13-15-17-19-21-23-25-27-30(28-29(3)4)26-24-22-20-18-16-14-12-10-8-6-2/h12,14,29-30H,5-11,13,15-28H2,1-4H3/b14-12+. The Morgan fingerprint density at radius 2 is 0.867 bits per heavy atom. The Kier molecular flexibility index (Phi) is 24.8. The van der Waals surface area contributed by atoms with E-state index in [0.717, 1.165) is 11.8 Å². The van der Waals surface area contributed by atoms with Gasteiger partial charge in [0, 0.05) is 0 Å². The average Bonchev–Trinajstić information content (AvgIpc) is 2.72. The Labute approximate surface area is 193 Å². The highest BCUT2D eigenvalue weighted by Gasteiger charge is 2.10. The van der Waals surface area contributed by atoms with Crippen molar-refractivity contribution in [1.82, 2.24) is 0 Å². The van der Waals surface area contributed by atoms with Crippen molar-refractivity contribution in [2.24, 2.45) is 11.8 Å². The number of allylic oxidation sites excluding steroid dienone is 2. The molecule has 0 spiro atoms. The molecular weight excluding hydrogens is 360 g/mol. The second kappa shape index (κ2) is 25.0. The Bertz CT molecular complexity index is 327. The Hall–Kier alpha value is -0.260. The summed E-state index contributed by atoms with van der Waals surface area (Å²) >= 11 is 0. The highest BCUT2D eigenvalue weighted by atomic mass is 14.2. The number of hydrogen-bond acceptors (Lipinski definition) is 0. The monoisotopic (exact) mass is 420 g/mol. The average molecular weight is 421 g/mol. The first-order valence-electron chi connectivity index (χ1n) is 14.4. The topological polar surface area (TPSA) is 0 Å². The quantitative estimate of drug-likeness (QED) is 0.107. The van der Waals surface area contributed by atoms with Crippen LogP contribution in [-0.2, 0) is 0 Å². The smallest absolute Gasteiger partial charge is 0.0351 e. The van der Waals surface area contributed by atoms with Crippen molar-refractivity contribution in [1.29, 1.82) is 0 Å². The van der Waals surface area contributed by atoms with Gasteiger partial charge < -0.3 is 0 Å². The molecule has 0 N–H and O–H groups in total. The molecular formula is C30H60. The van der Waals surface area contributed by atoms with E-state index >= 15 is 0 Å². The van der Waals surface area contributed by atoms with Crippen LogP contribution in [0.5, 0.6) is 0 Å². The van der Waals surface area contributed by atoms with Crippen molar-refractivity contribution >= 4 is 0 Å². The number of unbranched alkanes of at least 4 members (excludes halogenated alkanes) is 16. The van der Waals surface area contributed by atoms with Gasteiger partial charge in [0.15, 0.2) is 0 Å². The van der Waals surface area contributed by atoms with Crippen LogP contribution in [0.15, 0.2) is 12.2 Å². The van der Waals surface area contributed by atoms with E-state index in [4.69, 9.17) is 0 Å². The number of rotatable bonds is 24. The van der Waals surface area contributed by atoms with E-state index in [2.05, 4.69) is 39.8 Å². The lowest BCUT2D eigenvalue weighted by atomic mass is 9.87. The molecule has 0 heteroatoms. The third-order valence-corrected chi connectivity index (χ3v) is 6.64. The lowest BCUT2D eigenvalue weighted by Crippen LogP contribution is -2.05. The molecule has 0 aliphatic heterocycles. The first kappa shape index (κ1) is 29.7. The molecule has 1 unspecified atom stereocenters. The second-order valence-electron chi connectivity index (χ2n) is 10.4. The fraction of sp³-hybridized carbons (Fsp3) is 0.933. The van der Waals surface area contributed by atoms with Gasteiger partial charge >= 0.3 is 0 Å². The minimum absolute atomic E-state index is 0.871. The van der Waals surface area contributed by atoms with Crippen LogP contribution >= 0.6 is 0 Å². The highest BCUT2D eigenvalue weighted by Crippen LogP contribution is 2.25. The SMILES string of the molecule is CCCC/C=C/CCCCCCC(CCCCCCCCCCCCC)CC(C)C. The molecule has 0 radical (unpaired) electrons. The molecule has 0 bridgehead atoms. The molecule has 0 saturated heterocycles. The summed E-state index contributed by atoms with van der Waals surface area (Å²) in [6.07, 6.45) is 36.4. The van der Waals surface area contributed by atoms with Crippen molar-refractivity contribution in [3.05, 3.63) is 12.2 Å². The zero-order valence-corrected chi connectivity index (χ0v) is 21.9. The minimum Gasteiger partial charge on any atom is -0.0885 e. The van der Waals surface area contributed by atoms with E-state index in [0.29, 0.717) is 0 Å². The van der Waals surface area contributed by atoms with Crippen LogP contribution in [-0.4, -0.2) is 0 Å². The molecule has 0 heterocycles. The summed E-state index contributed by atoms with van der Waals surface area (Å²) < 4.78 is 0. The number of hydrogen-bond donors (Lipinski definition) is 0. The normalized spacial score (nSPS) is 13.0. The van der Waals surface area contributed by atoms with Crippen LogP contribution in [0, 0.1) is 11.8 Å². The van der Waals surface area contributed by atoms with Crippen LogP contribution in [0.2, 0.25) is 0 Å². The van der Waals surface area contributed by atoms with Crippen LogP contribution in [0.25, 0.3) is 0 Å². The molecule has 0 nitrogen and oxygen atoms in total. The molecule has 0 aromatic carbocycles. The lowest BCUT2D eigenvalue weighted by Gasteiger charge is -2.19. The van der Waals surface area contributed by atoms with Gasteiger partial charge in [0.1, 0.15) is 0 Å². The summed E-state index contributed by atoms with van der Waals surface area (Å²) in [6, 6.07) is 0. The third-order valence-electron chi connectivity index (χ3n) is 6.64. The molecule has 0 rings (SSSR count). The highest BCUT2D eigenvalue weighted by molar-refractivity contribution is 4.81. The Balaban J connectivity index is 3.59. The van der Waals surface area contributed by atoms with Gasteiger partial charge in [-0.1, -0.05) is 155 Å². The van der Waals surface area contributed by atoms with Crippen LogP contribution in [0.1, 0.15) is 169 Å². The van der Waals surface area contributed by atoms with Crippen LogP contribution < -0.4 is 0 Å². The fourth-order valence-electron chi connectivity index (χ4n) is 4.75. The summed E-state index contributed by atoms with van der Waals surface area (Å²) in [5, 5.41) is 0. The van der Waals surface area contributed by atoms with Crippen molar-refractivity contribution in [2.75, 3.05) is 0 Å². The molecule has 180 valence electrons. The Morgan fingerprint density at radius 1 is 0.467 bits per heavy atom. The van der Waals surface area contributed by atoms with E-state index in [-0.39, 0.29) is 0 Å². The van der Waals surface area contributed by atoms with Gasteiger partial charge in [0.25, 0.3) is 0 Å². The van der Waals surface area contributed by atoms with Crippen molar-refractivity contribution in [3.8, 4) is 0 Å². The van der Waals surface area contributed by atoms with Gasteiger partial charge in [-0.15, -0.1) is 0 Å². The zero-order valence-electron chi connectivity index (χ0n) is 21.9. The predicted octanol–water partition coefficient (Wildman–Crippen LogP) is 11.4. The van der Waals surface area contributed by atoms with Crippen molar-refractivity contribution < 1.29 is 0 Å². The van der Waals surface area contributed by atoms with Gasteiger partial charge in [-0.05, 0) is 37.5 Å². The van der Waals surface area contributed by atoms with Gasteiger partial charge in [-0.25, -0.2) is 0 Å². The van der Waals surface area contributed by atoms with E-state index in [1.165, 1.54) is 141 Å². The predicted molar refractivity (Wildman–Crippen MR) is 140 cm³/mol. The zero-order chi connectivity index (χ0) is 22.1. The largest absolute Gasteiger partial charge is 0.0885 e. The van der Waals surface area contributed by atoms with E-state index in [9.17, 15) is 0 Å². The van der Waals surface area contributed by atoms with Crippen molar-refractivity contribution in [2.45, 2.75) is 169 Å². The van der Waals surface area contributed by atoms with Gasteiger partial charge in [0.05, 0.1) is 0 Å². The molecule has 0 aliphatic carbocycles. The van der Waals surface area contributed by atoms with Gasteiger partial charge in [-0.3, -0.25) is 0 Å². The molecule has 0 aromatic rings. The van der Waals surface area contributed by atoms with Crippen LogP contribution in [0.3, 0.4) is 0 Å². The summed E-state index contributed by atoms with van der Waals surface area (Å²) in [6.45, 7) is 9.41. The molecule has 0 fully saturated rings. The summed E-state index contributed by atoms with van der Waals surface area (Å²) in [4.78, 5) is 0. The molecule has 1 atom stereocenters. The molecule has 0 saturated carbocycles. The van der Waals surface area contributed by atoms with E-state index in [1.54, 1.807) is 0 Å². The summed E-state index contributed by atoms with van der Waals surface area (Å²) in [5.41, 5.74) is 0. The van der Waals surface area contributed by atoms with E-state index in [1.807, 2.05) is 0 Å². The Morgan fingerprint density at radius 3 is 1.33 bits per heavy atom. The molecule has 0 aliphatic rings. The van der Waals surface area contributed by atoms with E-state index < -0.39 is 0 Å². The molecule has 0 amide bonds. The fourth-order valence-corrected chi connectivity index (χ4v) is 4.75. The van der Waals surface area contributed by atoms with Gasteiger partial charge in [0.2, 0.25) is 0 Å². The minimum atomic E-state index is 0.871. The maximum atomic E-state index is 2.42. The molecule has 0 aromatic heterocycles. The second-order valence-corrected chi connectivity index (χ2v) is 10.4. The summed E-state index contributed by atoms with van der Waals surface area (Å²) in [7, 11) is 0. The third kappa shape index (κ3) is 24.0. The maximum absolute atomic E-state index is 2.42. The van der Waals surface area contributed by atoms with Crippen LogP contribution in [0.4, 0.5) is 0 Å². The molecule has 30 heavy (non-hydrogen) atoms. The maximum Gasteiger partial charge on any atom is -0.0351 e. The first-order valence-corrected chi connectivity index (χ1v) is 14.4.